The Kier molecular flexibility index (Phi) is 5.62. The zero-order chi connectivity index (χ0) is 20.9. The van der Waals surface area contributed by atoms with Gasteiger partial charge in [-0.2, -0.15) is 5.26 Å². The zero-order valence-corrected chi connectivity index (χ0v) is 16.4. The van der Waals surface area contributed by atoms with Crippen molar-refractivity contribution in [3.8, 4) is 6.07 Å². The van der Waals surface area contributed by atoms with Gasteiger partial charge in [-0.3, -0.25) is 4.79 Å². The molecule has 0 saturated carbocycles. The molecule has 4 rings (SSSR count). The Morgan fingerprint density at radius 2 is 1.60 bits per heavy atom. The molecule has 0 bridgehead atoms. The van der Waals surface area contributed by atoms with Crippen molar-refractivity contribution < 1.29 is 9.18 Å². The molecular formula is C24H21FN4O. The highest BCUT2D eigenvalue weighted by atomic mass is 19.1. The molecule has 1 amide bonds. The molecule has 1 heterocycles. The third kappa shape index (κ3) is 3.96. The molecule has 1 aliphatic rings. The first kappa shape index (κ1) is 19.5. The van der Waals surface area contributed by atoms with Crippen LogP contribution in [0.5, 0.6) is 0 Å². The van der Waals surface area contributed by atoms with Crippen molar-refractivity contribution in [1.29, 1.82) is 5.26 Å². The lowest BCUT2D eigenvalue weighted by atomic mass is 10.1. The molecule has 1 N–H and O–H groups in total. The van der Waals surface area contributed by atoms with Crippen LogP contribution in [-0.2, 0) is 0 Å². The van der Waals surface area contributed by atoms with Crippen LogP contribution in [0.1, 0.15) is 15.9 Å². The minimum absolute atomic E-state index is 0.0477. The van der Waals surface area contributed by atoms with Crippen molar-refractivity contribution >= 4 is 23.0 Å². The summed E-state index contributed by atoms with van der Waals surface area (Å²) in [7, 11) is 0. The van der Waals surface area contributed by atoms with Crippen molar-refractivity contribution in [2.24, 2.45) is 0 Å². The van der Waals surface area contributed by atoms with Gasteiger partial charge in [-0.1, -0.05) is 36.4 Å². The van der Waals surface area contributed by atoms with Gasteiger partial charge in [-0.15, -0.1) is 0 Å². The molecule has 1 fully saturated rings. The lowest BCUT2D eigenvalue weighted by Gasteiger charge is -2.36. The van der Waals surface area contributed by atoms with Crippen molar-refractivity contribution in [3.05, 3.63) is 89.7 Å². The van der Waals surface area contributed by atoms with Crippen molar-refractivity contribution in [2.75, 3.05) is 36.4 Å². The summed E-state index contributed by atoms with van der Waals surface area (Å²) in [5, 5.41) is 12.6. The number of para-hydroxylation sites is 2. The monoisotopic (exact) mass is 400 g/mol. The summed E-state index contributed by atoms with van der Waals surface area (Å²) in [6.45, 7) is 2.08. The second kappa shape index (κ2) is 8.66. The summed E-state index contributed by atoms with van der Waals surface area (Å²) in [4.78, 5) is 16.9. The average molecular weight is 400 g/mol. The first-order valence-electron chi connectivity index (χ1n) is 9.81. The van der Waals surface area contributed by atoms with Gasteiger partial charge in [0.05, 0.1) is 16.9 Å². The van der Waals surface area contributed by atoms with Crippen LogP contribution in [0, 0.1) is 17.1 Å². The van der Waals surface area contributed by atoms with Crippen molar-refractivity contribution in [3.63, 3.8) is 0 Å². The molecule has 0 aliphatic carbocycles. The van der Waals surface area contributed by atoms with Gasteiger partial charge in [0, 0.05) is 31.9 Å². The fourth-order valence-electron chi connectivity index (χ4n) is 3.66. The highest BCUT2D eigenvalue weighted by Crippen LogP contribution is 2.26. The quantitative estimate of drug-likeness (QED) is 0.705. The molecule has 3 aromatic rings. The predicted octanol–water partition coefficient (Wildman–Crippen LogP) is 4.40. The van der Waals surface area contributed by atoms with E-state index in [1.807, 2.05) is 65.6 Å². The summed E-state index contributed by atoms with van der Waals surface area (Å²) < 4.78 is 13.9. The highest BCUT2D eigenvalue weighted by Gasteiger charge is 2.25. The molecule has 0 spiro atoms. The number of nitrogens with one attached hydrogen (secondary N) is 1. The Hall–Kier alpha value is -3.85. The maximum Gasteiger partial charge on any atom is 0.256 e. The van der Waals surface area contributed by atoms with Crippen LogP contribution >= 0.6 is 0 Å². The van der Waals surface area contributed by atoms with E-state index in [0.717, 1.165) is 11.4 Å². The summed E-state index contributed by atoms with van der Waals surface area (Å²) in [5.74, 6) is -0.567. The highest BCUT2D eigenvalue weighted by molar-refractivity contribution is 6.00. The molecule has 5 nitrogen and oxygen atoms in total. The molecule has 1 saturated heterocycles. The number of carbonyl (C=O) groups excluding carboxylic acids is 1. The minimum atomic E-state index is -0.519. The zero-order valence-electron chi connectivity index (χ0n) is 16.4. The average Bonchev–Trinajstić information content (AvgIpc) is 2.80. The molecule has 30 heavy (non-hydrogen) atoms. The van der Waals surface area contributed by atoms with Crippen LogP contribution in [0.3, 0.4) is 0 Å². The van der Waals surface area contributed by atoms with Gasteiger partial charge in [0.15, 0.2) is 0 Å². The predicted molar refractivity (Wildman–Crippen MR) is 115 cm³/mol. The van der Waals surface area contributed by atoms with Gasteiger partial charge in [0.25, 0.3) is 5.91 Å². The van der Waals surface area contributed by atoms with Crippen LogP contribution in [0.2, 0.25) is 0 Å². The smallest absolute Gasteiger partial charge is 0.256 e. The fraction of sp³-hybridized carbons (Fsp3) is 0.167. The van der Waals surface area contributed by atoms with Crippen LogP contribution in [-0.4, -0.2) is 37.0 Å². The van der Waals surface area contributed by atoms with Crippen LogP contribution in [0.15, 0.2) is 72.8 Å². The molecule has 0 aromatic heterocycles. The number of piperazine rings is 1. The minimum Gasteiger partial charge on any atom is -0.367 e. The first-order chi connectivity index (χ1) is 14.7. The molecule has 0 radical (unpaired) electrons. The van der Waals surface area contributed by atoms with Crippen LogP contribution in [0.25, 0.3) is 0 Å². The van der Waals surface area contributed by atoms with Crippen molar-refractivity contribution in [2.45, 2.75) is 0 Å². The lowest BCUT2D eigenvalue weighted by Crippen LogP contribution is -2.49. The summed E-state index contributed by atoms with van der Waals surface area (Å²) >= 11 is 0. The number of benzene rings is 3. The van der Waals surface area contributed by atoms with Crippen molar-refractivity contribution in [1.82, 2.24) is 4.90 Å². The van der Waals surface area contributed by atoms with Gasteiger partial charge in [0.2, 0.25) is 0 Å². The number of rotatable bonds is 4. The fourth-order valence-corrected chi connectivity index (χ4v) is 3.66. The maximum atomic E-state index is 13.9. The topological polar surface area (TPSA) is 59.4 Å². The van der Waals surface area contributed by atoms with Crippen LogP contribution in [0.4, 0.5) is 21.5 Å². The van der Waals surface area contributed by atoms with Crippen LogP contribution < -0.4 is 10.2 Å². The van der Waals surface area contributed by atoms with E-state index in [-0.39, 0.29) is 11.5 Å². The molecular weight excluding hydrogens is 379 g/mol. The van der Waals surface area contributed by atoms with E-state index in [4.69, 9.17) is 0 Å². The standard InChI is InChI=1S/C24H21FN4O/c25-21-10-6-12-23(20(21)17-26)28-13-15-29(16-14-28)24(30)19-9-4-5-11-22(19)27-18-7-2-1-3-8-18/h1-12,27H,13-16H2. The number of nitrogens with zero attached hydrogens (tertiary/aromatic N) is 3. The molecule has 6 heteroatoms. The van der Waals surface area contributed by atoms with E-state index in [1.54, 1.807) is 17.0 Å². The summed E-state index contributed by atoms with van der Waals surface area (Å²) in [5.41, 5.74) is 2.91. The van der Waals surface area contributed by atoms with E-state index in [9.17, 15) is 14.4 Å². The Morgan fingerprint density at radius 1 is 0.900 bits per heavy atom. The Balaban J connectivity index is 1.48. The SMILES string of the molecule is N#Cc1c(F)cccc1N1CCN(C(=O)c2ccccc2Nc2ccccc2)CC1. The number of carbonyl (C=O) groups is 1. The molecule has 3 aromatic carbocycles. The third-order valence-corrected chi connectivity index (χ3v) is 5.22. The number of halogens is 1. The van der Waals surface area contributed by atoms with E-state index >= 15 is 0 Å². The van der Waals surface area contributed by atoms with E-state index in [0.29, 0.717) is 37.4 Å². The van der Waals surface area contributed by atoms with Gasteiger partial charge >= 0.3 is 0 Å². The third-order valence-electron chi connectivity index (χ3n) is 5.22. The van der Waals surface area contributed by atoms with E-state index in [2.05, 4.69) is 5.32 Å². The molecule has 1 aliphatic heterocycles. The summed E-state index contributed by atoms with van der Waals surface area (Å²) in [6, 6.07) is 23.8. The first-order valence-corrected chi connectivity index (χ1v) is 9.81. The Bertz CT molecular complexity index is 1090. The number of nitriles is 1. The Labute approximate surface area is 175 Å². The number of amides is 1. The normalized spacial score (nSPS) is 13.6. The number of hydrogen-bond acceptors (Lipinski definition) is 4. The van der Waals surface area contributed by atoms with Gasteiger partial charge in [0.1, 0.15) is 17.4 Å². The number of anilines is 3. The molecule has 0 unspecified atom stereocenters. The largest absolute Gasteiger partial charge is 0.367 e. The maximum absolute atomic E-state index is 13.9. The second-order valence-electron chi connectivity index (χ2n) is 7.06. The van der Waals surface area contributed by atoms with E-state index in [1.165, 1.54) is 6.07 Å². The molecule has 150 valence electrons. The van der Waals surface area contributed by atoms with Gasteiger partial charge in [-0.05, 0) is 36.4 Å². The number of hydrogen-bond donors (Lipinski definition) is 1. The lowest BCUT2D eigenvalue weighted by molar-refractivity contribution is 0.0748. The molecule has 0 atom stereocenters. The van der Waals surface area contributed by atoms with Gasteiger partial charge < -0.3 is 15.1 Å². The van der Waals surface area contributed by atoms with Gasteiger partial charge in [-0.25, -0.2) is 4.39 Å². The van der Waals surface area contributed by atoms with E-state index < -0.39 is 5.82 Å². The Morgan fingerprint density at radius 3 is 2.33 bits per heavy atom. The summed E-state index contributed by atoms with van der Waals surface area (Å²) in [6.07, 6.45) is 0. The second-order valence-corrected chi connectivity index (χ2v) is 7.06.